The number of carboxylic acid groups (broad SMARTS) is 1. The normalized spacial score (nSPS) is 11.9. The molecule has 1 aromatic carbocycles. The minimum absolute atomic E-state index is 0.132. The van der Waals surface area contributed by atoms with Gasteiger partial charge in [-0.05, 0) is 30.7 Å². The van der Waals surface area contributed by atoms with Crippen molar-refractivity contribution in [1.29, 1.82) is 0 Å². The molecule has 1 heterocycles. The van der Waals surface area contributed by atoms with Crippen LogP contribution in [0.3, 0.4) is 0 Å². The maximum atomic E-state index is 12.9. The van der Waals surface area contributed by atoms with Gasteiger partial charge in [-0.25, -0.2) is 4.39 Å². The van der Waals surface area contributed by atoms with Gasteiger partial charge in [-0.2, -0.15) is 0 Å². The average molecular weight is 291 g/mol. The summed E-state index contributed by atoms with van der Waals surface area (Å²) in [6.45, 7) is 1.71. The van der Waals surface area contributed by atoms with Gasteiger partial charge in [-0.15, -0.1) is 0 Å². The van der Waals surface area contributed by atoms with E-state index in [2.05, 4.69) is 5.32 Å². The molecule has 110 valence electrons. The van der Waals surface area contributed by atoms with E-state index in [-0.39, 0.29) is 12.2 Å². The quantitative estimate of drug-likeness (QED) is 0.887. The number of hydrogen-bond acceptors (Lipinski definition) is 3. The van der Waals surface area contributed by atoms with Crippen molar-refractivity contribution in [1.82, 2.24) is 5.32 Å². The van der Waals surface area contributed by atoms with Crippen LogP contribution in [-0.2, 0) is 4.79 Å². The Bertz CT molecular complexity index is 648. The van der Waals surface area contributed by atoms with Crippen molar-refractivity contribution >= 4 is 11.9 Å². The lowest BCUT2D eigenvalue weighted by molar-refractivity contribution is -0.137. The van der Waals surface area contributed by atoms with Crippen molar-refractivity contribution in [3.8, 4) is 0 Å². The highest BCUT2D eigenvalue weighted by molar-refractivity contribution is 5.93. The monoisotopic (exact) mass is 291 g/mol. The van der Waals surface area contributed by atoms with Crippen molar-refractivity contribution in [3.63, 3.8) is 0 Å². The van der Waals surface area contributed by atoms with Gasteiger partial charge in [0.1, 0.15) is 5.82 Å². The summed E-state index contributed by atoms with van der Waals surface area (Å²) in [5, 5.41) is 11.5. The second-order valence-corrected chi connectivity index (χ2v) is 4.61. The van der Waals surface area contributed by atoms with Gasteiger partial charge in [0, 0.05) is 5.56 Å². The number of rotatable bonds is 5. The second-order valence-electron chi connectivity index (χ2n) is 4.61. The summed E-state index contributed by atoms with van der Waals surface area (Å²) in [6, 6.07) is 6.19. The summed E-state index contributed by atoms with van der Waals surface area (Å²) in [5.41, 5.74) is 1.16. The van der Waals surface area contributed by atoms with Crippen molar-refractivity contribution in [2.24, 2.45) is 0 Å². The zero-order chi connectivity index (χ0) is 15.4. The van der Waals surface area contributed by atoms with Crippen LogP contribution in [0.5, 0.6) is 0 Å². The van der Waals surface area contributed by atoms with Gasteiger partial charge in [0.15, 0.2) is 5.76 Å². The molecule has 2 aromatic rings. The number of aliphatic carboxylic acids is 1. The van der Waals surface area contributed by atoms with Crippen molar-refractivity contribution in [2.75, 3.05) is 0 Å². The minimum atomic E-state index is -1.07. The highest BCUT2D eigenvalue weighted by Crippen LogP contribution is 2.19. The van der Waals surface area contributed by atoms with Crippen LogP contribution >= 0.6 is 0 Å². The molecular formula is C15H14FNO4. The SMILES string of the molecule is Cc1ccoc1C(=O)N[C@@H](CC(=O)O)c1ccc(F)cc1. The number of carbonyl (C=O) groups is 2. The predicted molar refractivity (Wildman–Crippen MR) is 72.3 cm³/mol. The molecule has 21 heavy (non-hydrogen) atoms. The molecule has 0 bridgehead atoms. The number of carboxylic acids is 1. The van der Waals surface area contributed by atoms with Gasteiger partial charge in [0.2, 0.25) is 0 Å². The second kappa shape index (κ2) is 6.21. The van der Waals surface area contributed by atoms with Gasteiger partial charge in [-0.1, -0.05) is 12.1 Å². The number of nitrogens with one attached hydrogen (secondary N) is 1. The highest BCUT2D eigenvalue weighted by Gasteiger charge is 2.21. The number of benzene rings is 1. The first-order valence-corrected chi connectivity index (χ1v) is 6.29. The van der Waals surface area contributed by atoms with E-state index in [9.17, 15) is 14.0 Å². The lowest BCUT2D eigenvalue weighted by Gasteiger charge is -2.17. The Morgan fingerprint density at radius 2 is 1.95 bits per heavy atom. The first-order valence-electron chi connectivity index (χ1n) is 6.29. The Morgan fingerprint density at radius 3 is 2.48 bits per heavy atom. The summed E-state index contributed by atoms with van der Waals surface area (Å²) in [4.78, 5) is 23.0. The van der Waals surface area contributed by atoms with Gasteiger partial charge >= 0.3 is 5.97 Å². The molecule has 0 unspecified atom stereocenters. The molecular weight excluding hydrogens is 277 g/mol. The summed E-state index contributed by atoms with van der Waals surface area (Å²) in [5.74, 6) is -1.87. The topological polar surface area (TPSA) is 79.5 Å². The average Bonchev–Trinajstić information content (AvgIpc) is 2.84. The van der Waals surface area contributed by atoms with Gasteiger partial charge in [0.25, 0.3) is 5.91 Å². The van der Waals surface area contributed by atoms with Gasteiger partial charge in [-0.3, -0.25) is 9.59 Å². The van der Waals surface area contributed by atoms with Crippen LogP contribution in [0.4, 0.5) is 4.39 Å². The molecule has 2 N–H and O–H groups in total. The van der Waals surface area contributed by atoms with E-state index in [4.69, 9.17) is 9.52 Å². The zero-order valence-electron chi connectivity index (χ0n) is 11.3. The molecule has 0 saturated heterocycles. The third kappa shape index (κ3) is 3.68. The molecule has 5 nitrogen and oxygen atoms in total. The molecule has 1 aromatic heterocycles. The molecule has 0 fully saturated rings. The fraction of sp³-hybridized carbons (Fsp3) is 0.200. The smallest absolute Gasteiger partial charge is 0.305 e. The van der Waals surface area contributed by atoms with E-state index in [1.807, 2.05) is 0 Å². The zero-order valence-corrected chi connectivity index (χ0v) is 11.3. The Morgan fingerprint density at radius 1 is 1.29 bits per heavy atom. The first-order chi connectivity index (χ1) is 9.97. The number of furan rings is 1. The number of halogens is 1. The van der Waals surface area contributed by atoms with Crippen LogP contribution in [0.25, 0.3) is 0 Å². The van der Waals surface area contributed by atoms with E-state index in [1.165, 1.54) is 30.5 Å². The molecule has 0 aliphatic heterocycles. The van der Waals surface area contributed by atoms with Crippen LogP contribution < -0.4 is 5.32 Å². The minimum Gasteiger partial charge on any atom is -0.481 e. The molecule has 0 radical (unpaired) electrons. The highest BCUT2D eigenvalue weighted by atomic mass is 19.1. The maximum absolute atomic E-state index is 12.9. The third-order valence-corrected chi connectivity index (χ3v) is 3.02. The van der Waals surface area contributed by atoms with Crippen molar-refractivity contribution in [2.45, 2.75) is 19.4 Å². The molecule has 0 saturated carbocycles. The van der Waals surface area contributed by atoms with Crippen LogP contribution in [0.2, 0.25) is 0 Å². The van der Waals surface area contributed by atoms with Crippen LogP contribution in [0.1, 0.15) is 34.1 Å². The third-order valence-electron chi connectivity index (χ3n) is 3.02. The molecule has 1 atom stereocenters. The summed E-state index contributed by atoms with van der Waals surface area (Å²) in [6.07, 6.45) is 1.07. The van der Waals surface area contributed by atoms with Crippen LogP contribution in [0, 0.1) is 12.7 Å². The van der Waals surface area contributed by atoms with E-state index in [0.717, 1.165) is 0 Å². The Hall–Kier alpha value is -2.63. The van der Waals surface area contributed by atoms with E-state index in [0.29, 0.717) is 11.1 Å². The Labute approximate surface area is 120 Å². The number of hydrogen-bond donors (Lipinski definition) is 2. The van der Waals surface area contributed by atoms with Crippen molar-refractivity contribution in [3.05, 3.63) is 59.3 Å². The lowest BCUT2D eigenvalue weighted by atomic mass is 10.0. The maximum Gasteiger partial charge on any atom is 0.305 e. The standard InChI is InChI=1S/C15H14FNO4/c1-9-6-7-21-14(9)15(20)17-12(8-13(18)19)10-2-4-11(16)5-3-10/h2-7,12H,8H2,1H3,(H,17,20)(H,18,19)/t12-/m0/s1. The number of amides is 1. The Balaban J connectivity index is 2.20. The molecule has 0 aliphatic rings. The van der Waals surface area contributed by atoms with E-state index in [1.54, 1.807) is 13.0 Å². The summed E-state index contributed by atoms with van der Waals surface area (Å²) < 4.78 is 18.0. The first kappa shape index (κ1) is 14.8. The fourth-order valence-electron chi connectivity index (χ4n) is 1.95. The lowest BCUT2D eigenvalue weighted by Crippen LogP contribution is -2.30. The van der Waals surface area contributed by atoms with Gasteiger partial charge in [0.05, 0.1) is 18.7 Å². The van der Waals surface area contributed by atoms with E-state index < -0.39 is 23.7 Å². The molecule has 0 spiro atoms. The largest absolute Gasteiger partial charge is 0.481 e. The molecule has 2 rings (SSSR count). The number of carbonyl (C=O) groups excluding carboxylic acids is 1. The molecule has 6 heteroatoms. The summed E-state index contributed by atoms with van der Waals surface area (Å²) in [7, 11) is 0. The van der Waals surface area contributed by atoms with E-state index >= 15 is 0 Å². The van der Waals surface area contributed by atoms with Gasteiger partial charge < -0.3 is 14.8 Å². The van der Waals surface area contributed by atoms with Crippen LogP contribution in [-0.4, -0.2) is 17.0 Å². The Kier molecular flexibility index (Phi) is 4.37. The van der Waals surface area contributed by atoms with Crippen LogP contribution in [0.15, 0.2) is 41.0 Å². The molecule has 0 aliphatic carbocycles. The fourth-order valence-corrected chi connectivity index (χ4v) is 1.95. The number of aryl methyl sites for hydroxylation is 1. The predicted octanol–water partition coefficient (Wildman–Crippen LogP) is 2.67. The van der Waals surface area contributed by atoms with Crippen molar-refractivity contribution < 1.29 is 23.5 Å². The summed E-state index contributed by atoms with van der Waals surface area (Å²) >= 11 is 0. The molecule has 1 amide bonds.